The molecular weight excluding hydrogens is 392 g/mol. The van der Waals surface area contributed by atoms with Gasteiger partial charge < -0.3 is 9.47 Å². The zero-order valence-electron chi connectivity index (χ0n) is 18.2. The van der Waals surface area contributed by atoms with E-state index in [9.17, 15) is 9.59 Å². The van der Waals surface area contributed by atoms with E-state index in [4.69, 9.17) is 9.47 Å². The molecule has 6 nitrogen and oxygen atoms in total. The number of rotatable bonds is 5. The number of hydrogen-bond acceptors (Lipinski definition) is 4. The number of nitrogens with one attached hydrogen (secondary N) is 1. The van der Waals surface area contributed by atoms with Crippen LogP contribution in [0.4, 0.5) is 21.9 Å². The maximum atomic E-state index is 13.2. The monoisotopic (exact) mass is 422 g/mol. The van der Waals surface area contributed by atoms with Crippen molar-refractivity contribution in [2.45, 2.75) is 64.6 Å². The Bertz CT molecular complexity index is 950. The first-order valence-corrected chi connectivity index (χ1v) is 11.1. The van der Waals surface area contributed by atoms with E-state index in [0.29, 0.717) is 5.69 Å². The molecule has 2 aliphatic rings. The second kappa shape index (κ2) is 9.52. The Kier molecular flexibility index (Phi) is 6.56. The molecule has 0 aromatic heterocycles. The van der Waals surface area contributed by atoms with Crippen molar-refractivity contribution in [3.8, 4) is 0 Å². The summed E-state index contributed by atoms with van der Waals surface area (Å²) in [6, 6.07) is 13.7. The van der Waals surface area contributed by atoms with E-state index < -0.39 is 6.09 Å². The summed E-state index contributed by atoms with van der Waals surface area (Å²) in [7, 11) is 0. The molecular formula is C25H30N2O4. The molecule has 1 fully saturated rings. The van der Waals surface area contributed by atoms with Crippen molar-refractivity contribution in [2.24, 2.45) is 0 Å². The van der Waals surface area contributed by atoms with Crippen LogP contribution in [0, 0.1) is 0 Å². The summed E-state index contributed by atoms with van der Waals surface area (Å²) in [5.74, 6) is -0.130. The number of amides is 2. The Labute approximate surface area is 183 Å². The van der Waals surface area contributed by atoms with Crippen LogP contribution in [0.2, 0.25) is 0 Å². The molecule has 0 spiro atoms. The maximum Gasteiger partial charge on any atom is 0.411 e. The van der Waals surface area contributed by atoms with Crippen LogP contribution in [-0.2, 0) is 27.1 Å². The highest BCUT2D eigenvalue weighted by Gasteiger charge is 2.27. The highest BCUT2D eigenvalue weighted by molar-refractivity contribution is 6.03. The van der Waals surface area contributed by atoms with E-state index in [-0.39, 0.29) is 24.7 Å². The number of carbonyl (C=O) groups is 2. The maximum absolute atomic E-state index is 13.2. The first kappa shape index (κ1) is 21.4. The molecule has 0 unspecified atom stereocenters. The average molecular weight is 423 g/mol. The predicted octanol–water partition coefficient (Wildman–Crippen LogP) is 5.37. The predicted molar refractivity (Wildman–Crippen MR) is 121 cm³/mol. The normalized spacial score (nSPS) is 15.9. The third kappa shape index (κ3) is 5.07. The molecule has 0 saturated heterocycles. The van der Waals surface area contributed by atoms with E-state index in [2.05, 4.69) is 11.4 Å². The first-order chi connectivity index (χ1) is 15.0. The number of fused-ring (bicyclic) bond motifs is 2. The van der Waals surface area contributed by atoms with Crippen molar-refractivity contribution >= 4 is 29.1 Å². The lowest BCUT2D eigenvalue weighted by Gasteiger charge is -2.26. The van der Waals surface area contributed by atoms with Gasteiger partial charge in [0.15, 0.2) is 0 Å². The lowest BCUT2D eigenvalue weighted by Crippen LogP contribution is -2.31. The SMILES string of the molecule is CC(C)OCC(=O)N1c2ccccc2CCc2ccc(NC(=O)OC3CCCC3)cc21. The van der Waals surface area contributed by atoms with Crippen LogP contribution in [-0.4, -0.2) is 30.8 Å². The van der Waals surface area contributed by atoms with Crippen LogP contribution in [0.25, 0.3) is 0 Å². The van der Waals surface area contributed by atoms with Crippen molar-refractivity contribution in [1.29, 1.82) is 0 Å². The van der Waals surface area contributed by atoms with Crippen molar-refractivity contribution in [3.63, 3.8) is 0 Å². The van der Waals surface area contributed by atoms with Crippen LogP contribution >= 0.6 is 0 Å². The Morgan fingerprint density at radius 2 is 1.74 bits per heavy atom. The Hall–Kier alpha value is -2.86. The number of anilines is 3. The van der Waals surface area contributed by atoms with Gasteiger partial charge in [-0.15, -0.1) is 0 Å². The number of carbonyl (C=O) groups excluding carboxylic acids is 2. The van der Waals surface area contributed by atoms with Gasteiger partial charge in [-0.1, -0.05) is 24.3 Å². The third-order valence-corrected chi connectivity index (χ3v) is 5.83. The fourth-order valence-electron chi connectivity index (χ4n) is 4.28. The molecule has 31 heavy (non-hydrogen) atoms. The molecule has 164 valence electrons. The molecule has 2 aromatic rings. The molecule has 1 N–H and O–H groups in total. The summed E-state index contributed by atoms with van der Waals surface area (Å²) in [5.41, 5.74) is 4.43. The van der Waals surface area contributed by atoms with Crippen LogP contribution in [0.1, 0.15) is 50.7 Å². The highest BCUT2D eigenvalue weighted by atomic mass is 16.6. The lowest BCUT2D eigenvalue weighted by atomic mass is 10.0. The fourth-order valence-corrected chi connectivity index (χ4v) is 4.28. The van der Waals surface area contributed by atoms with Gasteiger partial charge in [-0.25, -0.2) is 4.79 Å². The minimum atomic E-state index is -0.443. The third-order valence-electron chi connectivity index (χ3n) is 5.83. The summed E-state index contributed by atoms with van der Waals surface area (Å²) in [5, 5.41) is 2.84. The van der Waals surface area contributed by atoms with Crippen LogP contribution in [0.5, 0.6) is 0 Å². The minimum Gasteiger partial charge on any atom is -0.446 e. The number of para-hydroxylation sites is 1. The highest BCUT2D eigenvalue weighted by Crippen LogP contribution is 2.37. The van der Waals surface area contributed by atoms with Gasteiger partial charge >= 0.3 is 6.09 Å². The van der Waals surface area contributed by atoms with Gasteiger partial charge in [0, 0.05) is 5.69 Å². The van der Waals surface area contributed by atoms with Crippen molar-refractivity contribution < 1.29 is 19.1 Å². The smallest absolute Gasteiger partial charge is 0.411 e. The van der Waals surface area contributed by atoms with Crippen LogP contribution < -0.4 is 10.2 Å². The second-order valence-corrected chi connectivity index (χ2v) is 8.50. The molecule has 1 heterocycles. The molecule has 2 aromatic carbocycles. The van der Waals surface area contributed by atoms with Gasteiger partial charge in [0.1, 0.15) is 12.7 Å². The fraction of sp³-hybridized carbons (Fsp3) is 0.440. The molecule has 4 rings (SSSR count). The second-order valence-electron chi connectivity index (χ2n) is 8.50. The zero-order valence-corrected chi connectivity index (χ0v) is 18.2. The molecule has 1 saturated carbocycles. The standard InChI is InChI=1S/C25H30N2O4/c1-17(2)30-16-24(28)27-22-10-6-3-7-18(22)11-12-19-13-14-20(15-23(19)27)26-25(29)31-21-8-4-5-9-21/h3,6-7,10,13-15,17,21H,4-5,8-9,11-12,16H2,1-2H3,(H,26,29). The number of aryl methyl sites for hydroxylation is 2. The summed E-state index contributed by atoms with van der Waals surface area (Å²) < 4.78 is 11.1. The Balaban J connectivity index is 1.62. The summed E-state index contributed by atoms with van der Waals surface area (Å²) in [4.78, 5) is 27.3. The topological polar surface area (TPSA) is 67.9 Å². The number of nitrogens with zero attached hydrogens (tertiary/aromatic N) is 1. The number of benzene rings is 2. The number of hydrogen-bond donors (Lipinski definition) is 1. The van der Waals surface area contributed by atoms with Gasteiger partial charge in [0.05, 0.1) is 17.5 Å². The van der Waals surface area contributed by atoms with E-state index in [0.717, 1.165) is 61.0 Å². The van der Waals surface area contributed by atoms with E-state index in [1.165, 1.54) is 0 Å². The zero-order chi connectivity index (χ0) is 21.8. The Morgan fingerprint density at radius 1 is 1.03 bits per heavy atom. The quantitative estimate of drug-likeness (QED) is 0.704. The van der Waals surface area contributed by atoms with Gasteiger partial charge in [0.2, 0.25) is 0 Å². The first-order valence-electron chi connectivity index (χ1n) is 11.1. The molecule has 2 amide bonds. The van der Waals surface area contributed by atoms with Crippen molar-refractivity contribution in [2.75, 3.05) is 16.8 Å². The van der Waals surface area contributed by atoms with Crippen LogP contribution in [0.15, 0.2) is 42.5 Å². The van der Waals surface area contributed by atoms with E-state index >= 15 is 0 Å². The summed E-state index contributed by atoms with van der Waals surface area (Å²) in [6.07, 6.45) is 5.23. The molecule has 1 aliphatic heterocycles. The van der Waals surface area contributed by atoms with Crippen molar-refractivity contribution in [1.82, 2.24) is 0 Å². The van der Waals surface area contributed by atoms with E-state index in [1.54, 1.807) is 4.90 Å². The summed E-state index contributed by atoms with van der Waals surface area (Å²) in [6.45, 7) is 3.82. The molecule has 0 radical (unpaired) electrons. The largest absolute Gasteiger partial charge is 0.446 e. The lowest BCUT2D eigenvalue weighted by molar-refractivity contribution is -0.123. The molecule has 0 bridgehead atoms. The van der Waals surface area contributed by atoms with Gasteiger partial charge in [-0.05, 0) is 81.7 Å². The average Bonchev–Trinajstić information content (AvgIpc) is 3.19. The number of ether oxygens (including phenoxy) is 2. The molecule has 1 aliphatic carbocycles. The van der Waals surface area contributed by atoms with Crippen molar-refractivity contribution in [3.05, 3.63) is 53.6 Å². The van der Waals surface area contributed by atoms with Gasteiger partial charge in [-0.3, -0.25) is 15.0 Å². The summed E-state index contributed by atoms with van der Waals surface area (Å²) >= 11 is 0. The molecule has 6 heteroatoms. The van der Waals surface area contributed by atoms with Gasteiger partial charge in [0.25, 0.3) is 5.91 Å². The Morgan fingerprint density at radius 3 is 2.48 bits per heavy atom. The van der Waals surface area contributed by atoms with Crippen LogP contribution in [0.3, 0.4) is 0 Å². The molecule has 0 atom stereocenters. The van der Waals surface area contributed by atoms with E-state index in [1.807, 2.05) is 50.2 Å². The van der Waals surface area contributed by atoms with Gasteiger partial charge in [-0.2, -0.15) is 0 Å². The minimum absolute atomic E-state index is 0.000960.